The number of halogens is 1. The van der Waals surface area contributed by atoms with E-state index in [1.807, 2.05) is 0 Å². The van der Waals surface area contributed by atoms with Crippen LogP contribution >= 0.6 is 23.8 Å². The van der Waals surface area contributed by atoms with Crippen LogP contribution in [0.15, 0.2) is 12.1 Å². The highest BCUT2D eigenvalue weighted by Crippen LogP contribution is 2.35. The minimum Gasteiger partial charge on any atom is -0.495 e. The second-order valence-electron chi connectivity index (χ2n) is 3.56. The van der Waals surface area contributed by atoms with Crippen LogP contribution in [0.4, 0.5) is 5.69 Å². The lowest BCUT2D eigenvalue weighted by molar-refractivity contribution is 0.204. The summed E-state index contributed by atoms with van der Waals surface area (Å²) in [6.07, 6.45) is 0. The van der Waals surface area contributed by atoms with Crippen molar-refractivity contribution in [2.45, 2.75) is 0 Å². The van der Waals surface area contributed by atoms with E-state index in [1.54, 1.807) is 33.5 Å². The van der Waals surface area contributed by atoms with E-state index in [0.717, 1.165) is 0 Å². The van der Waals surface area contributed by atoms with Gasteiger partial charge in [0.1, 0.15) is 11.5 Å². The average molecular weight is 305 g/mol. The highest BCUT2D eigenvalue weighted by atomic mass is 35.5. The summed E-state index contributed by atoms with van der Waals surface area (Å²) >= 11 is 11.2. The van der Waals surface area contributed by atoms with E-state index in [2.05, 4.69) is 10.6 Å². The lowest BCUT2D eigenvalue weighted by atomic mass is 10.2. The van der Waals surface area contributed by atoms with E-state index in [0.29, 0.717) is 40.5 Å². The van der Waals surface area contributed by atoms with Gasteiger partial charge in [0.2, 0.25) is 0 Å². The molecule has 0 saturated carbocycles. The largest absolute Gasteiger partial charge is 0.495 e. The van der Waals surface area contributed by atoms with Gasteiger partial charge in [0, 0.05) is 25.8 Å². The van der Waals surface area contributed by atoms with Crippen molar-refractivity contribution in [3.05, 3.63) is 17.2 Å². The minimum atomic E-state index is 0.472. The number of thiocarbonyl (C=S) groups is 1. The monoisotopic (exact) mass is 304 g/mol. The Morgan fingerprint density at radius 2 is 1.89 bits per heavy atom. The van der Waals surface area contributed by atoms with Gasteiger partial charge in [-0.2, -0.15) is 0 Å². The summed E-state index contributed by atoms with van der Waals surface area (Å²) in [6, 6.07) is 3.39. The van der Waals surface area contributed by atoms with Gasteiger partial charge in [-0.1, -0.05) is 11.6 Å². The smallest absolute Gasteiger partial charge is 0.170 e. The van der Waals surface area contributed by atoms with Gasteiger partial charge in [-0.05, 0) is 12.2 Å². The van der Waals surface area contributed by atoms with Gasteiger partial charge in [-0.25, -0.2) is 0 Å². The lowest BCUT2D eigenvalue weighted by Gasteiger charge is -2.15. The molecule has 0 saturated heterocycles. The lowest BCUT2D eigenvalue weighted by Crippen LogP contribution is -2.31. The summed E-state index contributed by atoms with van der Waals surface area (Å²) in [6.45, 7) is 1.19. The molecule has 0 unspecified atom stereocenters. The molecule has 0 aliphatic heterocycles. The molecule has 1 aromatic rings. The zero-order chi connectivity index (χ0) is 14.3. The number of rotatable bonds is 6. The summed E-state index contributed by atoms with van der Waals surface area (Å²) < 4.78 is 15.3. The number of nitrogens with one attached hydrogen (secondary N) is 2. The second kappa shape index (κ2) is 8.04. The number of benzene rings is 1. The second-order valence-corrected chi connectivity index (χ2v) is 4.38. The van der Waals surface area contributed by atoms with Crippen molar-refractivity contribution in [2.75, 3.05) is 39.8 Å². The van der Waals surface area contributed by atoms with Crippen LogP contribution in [0, 0.1) is 0 Å². The highest BCUT2D eigenvalue weighted by Gasteiger charge is 2.10. The van der Waals surface area contributed by atoms with Gasteiger partial charge in [0.15, 0.2) is 5.11 Å². The molecule has 7 heteroatoms. The predicted octanol–water partition coefficient (Wildman–Crippen LogP) is 2.29. The zero-order valence-electron chi connectivity index (χ0n) is 11.1. The van der Waals surface area contributed by atoms with Crippen molar-refractivity contribution in [3.63, 3.8) is 0 Å². The number of ether oxygens (including phenoxy) is 3. The van der Waals surface area contributed by atoms with Crippen molar-refractivity contribution < 1.29 is 14.2 Å². The molecule has 0 spiro atoms. The Labute approximate surface area is 123 Å². The maximum Gasteiger partial charge on any atom is 0.170 e. The molecule has 0 radical (unpaired) electrons. The molecule has 0 heterocycles. The molecule has 106 valence electrons. The third kappa shape index (κ3) is 4.74. The van der Waals surface area contributed by atoms with Crippen LogP contribution in [-0.4, -0.2) is 39.6 Å². The quantitative estimate of drug-likeness (QED) is 0.621. The molecule has 0 aliphatic carbocycles. The molecular formula is C12H17ClN2O3S. The van der Waals surface area contributed by atoms with Gasteiger partial charge in [-0.3, -0.25) is 0 Å². The fraction of sp³-hybridized carbons (Fsp3) is 0.417. The molecular weight excluding hydrogens is 288 g/mol. The first-order valence-electron chi connectivity index (χ1n) is 5.57. The minimum absolute atomic E-state index is 0.472. The van der Waals surface area contributed by atoms with E-state index in [-0.39, 0.29) is 0 Å². The molecule has 1 aromatic carbocycles. The Kier molecular flexibility index (Phi) is 6.69. The molecule has 0 amide bonds. The molecule has 19 heavy (non-hydrogen) atoms. The topological polar surface area (TPSA) is 51.8 Å². The molecule has 0 fully saturated rings. The Morgan fingerprint density at radius 3 is 2.47 bits per heavy atom. The number of hydrogen-bond donors (Lipinski definition) is 2. The summed E-state index contributed by atoms with van der Waals surface area (Å²) in [5.74, 6) is 1.13. The van der Waals surface area contributed by atoms with Gasteiger partial charge in [-0.15, -0.1) is 0 Å². The van der Waals surface area contributed by atoms with Crippen LogP contribution in [0.1, 0.15) is 0 Å². The fourth-order valence-corrected chi connectivity index (χ4v) is 1.83. The summed E-state index contributed by atoms with van der Waals surface area (Å²) in [5.41, 5.74) is 0.679. The fourth-order valence-electron chi connectivity index (χ4n) is 1.39. The average Bonchev–Trinajstić information content (AvgIpc) is 2.40. The van der Waals surface area contributed by atoms with Gasteiger partial charge in [0.05, 0.1) is 31.5 Å². The summed E-state index contributed by atoms with van der Waals surface area (Å²) in [7, 11) is 4.74. The van der Waals surface area contributed by atoms with E-state index in [4.69, 9.17) is 38.0 Å². The molecule has 0 atom stereocenters. The summed E-state index contributed by atoms with van der Waals surface area (Å²) in [4.78, 5) is 0. The van der Waals surface area contributed by atoms with E-state index in [1.165, 1.54) is 0 Å². The Balaban J connectivity index is 2.78. The molecule has 0 aliphatic rings. The van der Waals surface area contributed by atoms with E-state index < -0.39 is 0 Å². The van der Waals surface area contributed by atoms with Gasteiger partial charge < -0.3 is 24.8 Å². The first kappa shape index (κ1) is 15.8. The maximum atomic E-state index is 6.02. The highest BCUT2D eigenvalue weighted by molar-refractivity contribution is 7.80. The molecule has 0 bridgehead atoms. The van der Waals surface area contributed by atoms with Gasteiger partial charge in [0.25, 0.3) is 0 Å². The van der Waals surface area contributed by atoms with Crippen LogP contribution in [0.25, 0.3) is 0 Å². The third-order valence-corrected chi connectivity index (χ3v) is 2.86. The van der Waals surface area contributed by atoms with Crippen LogP contribution < -0.4 is 20.1 Å². The SMILES string of the molecule is COCCNC(=S)Nc1cc(OC)c(Cl)cc1OC. The number of methoxy groups -OCH3 is 3. The van der Waals surface area contributed by atoms with E-state index in [9.17, 15) is 0 Å². The van der Waals surface area contributed by atoms with E-state index >= 15 is 0 Å². The van der Waals surface area contributed by atoms with Gasteiger partial charge >= 0.3 is 0 Å². The Bertz CT molecular complexity index is 443. The van der Waals surface area contributed by atoms with Crippen molar-refractivity contribution in [1.82, 2.24) is 5.32 Å². The van der Waals surface area contributed by atoms with Crippen molar-refractivity contribution >= 4 is 34.6 Å². The maximum absolute atomic E-state index is 6.02. The summed E-state index contributed by atoms with van der Waals surface area (Å²) in [5, 5.41) is 6.97. The van der Waals surface area contributed by atoms with Crippen molar-refractivity contribution in [1.29, 1.82) is 0 Å². The van der Waals surface area contributed by atoms with Crippen molar-refractivity contribution in [2.24, 2.45) is 0 Å². The molecule has 1 rings (SSSR count). The standard InChI is InChI=1S/C12H17ClN2O3S/c1-16-5-4-14-12(19)15-9-7-10(17-2)8(13)6-11(9)18-3/h6-7H,4-5H2,1-3H3,(H2,14,15,19). The van der Waals surface area contributed by atoms with Crippen LogP contribution in [-0.2, 0) is 4.74 Å². The first-order chi connectivity index (χ1) is 9.12. The van der Waals surface area contributed by atoms with Crippen LogP contribution in [0.3, 0.4) is 0 Å². The number of hydrogen-bond acceptors (Lipinski definition) is 4. The predicted molar refractivity (Wildman–Crippen MR) is 80.7 cm³/mol. The Morgan fingerprint density at radius 1 is 1.21 bits per heavy atom. The normalized spacial score (nSPS) is 9.89. The molecule has 0 aromatic heterocycles. The molecule has 5 nitrogen and oxygen atoms in total. The van der Waals surface area contributed by atoms with Crippen LogP contribution in [0.5, 0.6) is 11.5 Å². The first-order valence-corrected chi connectivity index (χ1v) is 6.36. The molecule has 2 N–H and O–H groups in total. The third-order valence-electron chi connectivity index (χ3n) is 2.31. The number of anilines is 1. The van der Waals surface area contributed by atoms with Crippen LogP contribution in [0.2, 0.25) is 5.02 Å². The van der Waals surface area contributed by atoms with Crippen molar-refractivity contribution in [3.8, 4) is 11.5 Å². The zero-order valence-corrected chi connectivity index (χ0v) is 12.7. The Hall–Kier alpha value is -1.24.